The fraction of sp³-hybridized carbons (Fsp3) is 0.467. The summed E-state index contributed by atoms with van der Waals surface area (Å²) in [7, 11) is 0. The summed E-state index contributed by atoms with van der Waals surface area (Å²) in [6, 6.07) is 5.72. The summed E-state index contributed by atoms with van der Waals surface area (Å²) in [6.07, 6.45) is 2.77. The van der Waals surface area contributed by atoms with Crippen molar-refractivity contribution in [2.45, 2.75) is 38.7 Å². The average molecular weight is 232 g/mol. The Morgan fingerprint density at radius 2 is 2.12 bits per heavy atom. The molecule has 0 fully saturated rings. The molecule has 2 nitrogen and oxygen atoms in total. The molecule has 0 aliphatic heterocycles. The molecule has 1 aromatic rings. The van der Waals surface area contributed by atoms with Crippen molar-refractivity contribution in [3.63, 3.8) is 0 Å². The van der Waals surface area contributed by atoms with E-state index in [9.17, 15) is 10.2 Å². The molecule has 0 saturated carbocycles. The average Bonchev–Trinajstić information content (AvgIpc) is 2.28. The van der Waals surface area contributed by atoms with E-state index in [1.807, 2.05) is 32.0 Å². The zero-order chi connectivity index (χ0) is 12.6. The SMILES string of the molecule is C=C(O)c1ccc2c(c1)CCCC2(O)C(C)C. The van der Waals surface area contributed by atoms with Crippen molar-refractivity contribution in [3.8, 4) is 0 Å². The molecule has 1 atom stereocenters. The lowest BCUT2D eigenvalue weighted by Gasteiger charge is -2.38. The lowest BCUT2D eigenvalue weighted by molar-refractivity contribution is -0.0260. The molecule has 92 valence electrons. The molecule has 17 heavy (non-hydrogen) atoms. The Hall–Kier alpha value is -1.28. The van der Waals surface area contributed by atoms with Gasteiger partial charge in [-0.25, -0.2) is 0 Å². The highest BCUT2D eigenvalue weighted by atomic mass is 16.3. The highest BCUT2D eigenvalue weighted by Gasteiger charge is 2.37. The quantitative estimate of drug-likeness (QED) is 0.767. The molecule has 0 radical (unpaired) electrons. The molecule has 2 rings (SSSR count). The van der Waals surface area contributed by atoms with Gasteiger partial charge in [-0.15, -0.1) is 0 Å². The van der Waals surface area contributed by atoms with Crippen LogP contribution in [0, 0.1) is 5.92 Å². The molecule has 2 heteroatoms. The molecule has 0 spiro atoms. The molecule has 1 aliphatic carbocycles. The van der Waals surface area contributed by atoms with E-state index < -0.39 is 5.60 Å². The van der Waals surface area contributed by atoms with Crippen LogP contribution in [0.5, 0.6) is 0 Å². The third-order valence-corrected chi connectivity index (χ3v) is 3.86. The fourth-order valence-electron chi connectivity index (χ4n) is 2.69. The van der Waals surface area contributed by atoms with Crippen molar-refractivity contribution >= 4 is 5.76 Å². The highest BCUT2D eigenvalue weighted by molar-refractivity contribution is 5.58. The molecule has 0 saturated heterocycles. The third kappa shape index (κ3) is 1.98. The summed E-state index contributed by atoms with van der Waals surface area (Å²) < 4.78 is 0. The molecule has 2 N–H and O–H groups in total. The van der Waals surface area contributed by atoms with Crippen LogP contribution in [-0.2, 0) is 12.0 Å². The predicted molar refractivity (Wildman–Crippen MR) is 69.8 cm³/mol. The topological polar surface area (TPSA) is 40.5 Å². The number of aliphatic hydroxyl groups is 2. The fourth-order valence-corrected chi connectivity index (χ4v) is 2.69. The second-order valence-electron chi connectivity index (χ2n) is 5.25. The standard InChI is InChI=1S/C15H20O2/c1-10(2)15(17)8-4-5-13-9-12(11(3)16)6-7-14(13)15/h6-7,9-10,16-17H,3-5,8H2,1-2H3. The van der Waals surface area contributed by atoms with Gasteiger partial charge in [-0.3, -0.25) is 0 Å². The van der Waals surface area contributed by atoms with Crippen LogP contribution in [0.1, 0.15) is 43.4 Å². The molecule has 0 amide bonds. The number of rotatable bonds is 2. The zero-order valence-electron chi connectivity index (χ0n) is 10.5. The second kappa shape index (κ2) is 4.19. The normalized spacial score (nSPS) is 23.5. The zero-order valence-corrected chi connectivity index (χ0v) is 10.5. The molecule has 1 aliphatic rings. The molecular formula is C15H20O2. The summed E-state index contributed by atoms with van der Waals surface area (Å²) in [5, 5.41) is 20.2. The van der Waals surface area contributed by atoms with Crippen LogP contribution in [-0.4, -0.2) is 10.2 Å². The van der Waals surface area contributed by atoms with Crippen LogP contribution >= 0.6 is 0 Å². The third-order valence-electron chi connectivity index (χ3n) is 3.86. The molecule has 1 unspecified atom stereocenters. The largest absolute Gasteiger partial charge is 0.508 e. The van der Waals surface area contributed by atoms with E-state index >= 15 is 0 Å². The predicted octanol–water partition coefficient (Wildman–Crippen LogP) is 3.40. The van der Waals surface area contributed by atoms with E-state index in [1.165, 1.54) is 0 Å². The summed E-state index contributed by atoms with van der Waals surface area (Å²) in [5.74, 6) is 0.288. The number of aliphatic hydroxyl groups excluding tert-OH is 1. The number of hydrogen-bond acceptors (Lipinski definition) is 2. The van der Waals surface area contributed by atoms with Crippen LogP contribution in [0.15, 0.2) is 24.8 Å². The van der Waals surface area contributed by atoms with Gasteiger partial charge >= 0.3 is 0 Å². The van der Waals surface area contributed by atoms with Crippen LogP contribution in [0.25, 0.3) is 5.76 Å². The lowest BCUT2D eigenvalue weighted by Crippen LogP contribution is -2.35. The minimum Gasteiger partial charge on any atom is -0.508 e. The summed E-state index contributed by atoms with van der Waals surface area (Å²) in [6.45, 7) is 7.64. The first-order chi connectivity index (χ1) is 7.95. The summed E-state index contributed by atoms with van der Waals surface area (Å²) >= 11 is 0. The maximum absolute atomic E-state index is 10.7. The van der Waals surface area contributed by atoms with Gasteiger partial charge in [-0.05, 0) is 42.4 Å². The Bertz CT molecular complexity index is 448. The Balaban J connectivity index is 2.51. The first-order valence-corrected chi connectivity index (χ1v) is 6.19. The van der Waals surface area contributed by atoms with Crippen molar-refractivity contribution in [2.75, 3.05) is 0 Å². The lowest BCUT2D eigenvalue weighted by atomic mass is 9.72. The first kappa shape index (κ1) is 12.2. The highest BCUT2D eigenvalue weighted by Crippen LogP contribution is 2.41. The van der Waals surface area contributed by atoms with Crippen molar-refractivity contribution < 1.29 is 10.2 Å². The van der Waals surface area contributed by atoms with Crippen LogP contribution < -0.4 is 0 Å². The molecule has 1 aromatic carbocycles. The van der Waals surface area contributed by atoms with Gasteiger partial charge in [0.15, 0.2) is 0 Å². The monoisotopic (exact) mass is 232 g/mol. The van der Waals surface area contributed by atoms with E-state index in [4.69, 9.17) is 0 Å². The molecule has 0 heterocycles. The van der Waals surface area contributed by atoms with E-state index in [1.54, 1.807) is 0 Å². The maximum Gasteiger partial charge on any atom is 0.115 e. The van der Waals surface area contributed by atoms with E-state index in [2.05, 4.69) is 6.58 Å². The molecular weight excluding hydrogens is 212 g/mol. The minimum absolute atomic E-state index is 0.0893. The van der Waals surface area contributed by atoms with Crippen molar-refractivity contribution in [3.05, 3.63) is 41.5 Å². The van der Waals surface area contributed by atoms with Gasteiger partial charge in [-0.2, -0.15) is 0 Å². The first-order valence-electron chi connectivity index (χ1n) is 6.19. The van der Waals surface area contributed by atoms with Gasteiger partial charge in [0.25, 0.3) is 0 Å². The van der Waals surface area contributed by atoms with E-state index in [0.717, 1.165) is 36.0 Å². The van der Waals surface area contributed by atoms with Crippen LogP contribution in [0.4, 0.5) is 0 Å². The number of hydrogen-bond donors (Lipinski definition) is 2. The van der Waals surface area contributed by atoms with Gasteiger partial charge in [0.2, 0.25) is 0 Å². The van der Waals surface area contributed by atoms with Crippen molar-refractivity contribution in [1.82, 2.24) is 0 Å². The van der Waals surface area contributed by atoms with Gasteiger partial charge < -0.3 is 10.2 Å². The van der Waals surface area contributed by atoms with Crippen molar-refractivity contribution in [1.29, 1.82) is 0 Å². The number of fused-ring (bicyclic) bond motifs is 1. The molecule has 0 aromatic heterocycles. The van der Waals surface area contributed by atoms with Gasteiger partial charge in [0.1, 0.15) is 5.76 Å². The summed E-state index contributed by atoms with van der Waals surface area (Å²) in [5.41, 5.74) is 2.18. The van der Waals surface area contributed by atoms with Crippen LogP contribution in [0.2, 0.25) is 0 Å². The number of benzene rings is 1. The minimum atomic E-state index is -0.719. The van der Waals surface area contributed by atoms with E-state index in [0.29, 0.717) is 0 Å². The Morgan fingerprint density at radius 3 is 2.71 bits per heavy atom. The Kier molecular flexibility index (Phi) is 3.00. The van der Waals surface area contributed by atoms with Gasteiger partial charge in [-0.1, -0.05) is 32.6 Å². The summed E-state index contributed by atoms with van der Waals surface area (Å²) in [4.78, 5) is 0. The van der Waals surface area contributed by atoms with Gasteiger partial charge in [0.05, 0.1) is 5.60 Å². The Labute approximate surface area is 103 Å². The van der Waals surface area contributed by atoms with Gasteiger partial charge in [0, 0.05) is 5.56 Å². The van der Waals surface area contributed by atoms with Crippen molar-refractivity contribution in [2.24, 2.45) is 5.92 Å². The second-order valence-corrected chi connectivity index (χ2v) is 5.25. The molecule has 0 bridgehead atoms. The number of aryl methyl sites for hydroxylation is 1. The Morgan fingerprint density at radius 1 is 1.41 bits per heavy atom. The smallest absolute Gasteiger partial charge is 0.115 e. The maximum atomic E-state index is 10.7. The van der Waals surface area contributed by atoms with E-state index in [-0.39, 0.29) is 11.7 Å². The van der Waals surface area contributed by atoms with Crippen LogP contribution in [0.3, 0.4) is 0 Å².